The number of carbonyl (C=O) groups excluding carboxylic acids is 1. The third kappa shape index (κ3) is 3.23. The van der Waals surface area contributed by atoms with Gasteiger partial charge in [-0.1, -0.05) is 0 Å². The predicted octanol–water partition coefficient (Wildman–Crippen LogP) is 1.61. The quantitative estimate of drug-likeness (QED) is 0.848. The minimum Gasteiger partial charge on any atom is -0.484 e. The van der Waals surface area contributed by atoms with Crippen molar-refractivity contribution < 1.29 is 23.4 Å². The lowest BCUT2D eigenvalue weighted by atomic mass is 9.84. The Morgan fingerprint density at radius 1 is 1.41 bits per heavy atom. The van der Waals surface area contributed by atoms with Crippen molar-refractivity contribution in [2.45, 2.75) is 24.5 Å². The summed E-state index contributed by atoms with van der Waals surface area (Å²) in [5.41, 5.74) is -0.246. The first kappa shape index (κ1) is 15.2. The van der Waals surface area contributed by atoms with Crippen LogP contribution in [0.2, 0.25) is 0 Å². The lowest BCUT2D eigenvalue weighted by Gasteiger charge is -2.52. The lowest BCUT2D eigenvalue weighted by Crippen LogP contribution is -2.67. The lowest BCUT2D eigenvalue weighted by molar-refractivity contribution is -0.199. The molecule has 22 heavy (non-hydrogen) atoms. The van der Waals surface area contributed by atoms with E-state index in [1.54, 1.807) is 12.0 Å². The molecule has 0 unspecified atom stereocenters. The first-order valence-corrected chi connectivity index (χ1v) is 7.43. The molecule has 5 nitrogen and oxygen atoms in total. The van der Waals surface area contributed by atoms with Gasteiger partial charge in [0.25, 0.3) is 5.91 Å². The van der Waals surface area contributed by atoms with E-state index in [1.807, 2.05) is 0 Å². The maximum Gasteiger partial charge on any atom is 0.260 e. The van der Waals surface area contributed by atoms with Crippen molar-refractivity contribution in [1.29, 1.82) is 0 Å². The van der Waals surface area contributed by atoms with E-state index in [0.717, 1.165) is 12.8 Å². The monoisotopic (exact) mass is 309 g/mol. The summed E-state index contributed by atoms with van der Waals surface area (Å²) in [4.78, 5) is 13.8. The minimum atomic E-state index is -0.328. The summed E-state index contributed by atoms with van der Waals surface area (Å²) in [6.45, 7) is 1.79. The molecule has 120 valence electrons. The molecule has 2 aliphatic heterocycles. The van der Waals surface area contributed by atoms with Crippen LogP contribution >= 0.6 is 0 Å². The Kier molecular flexibility index (Phi) is 4.31. The highest BCUT2D eigenvalue weighted by atomic mass is 19.1. The van der Waals surface area contributed by atoms with Gasteiger partial charge in [-0.3, -0.25) is 4.79 Å². The molecule has 2 saturated heterocycles. The van der Waals surface area contributed by atoms with Gasteiger partial charge in [-0.15, -0.1) is 0 Å². The van der Waals surface area contributed by atoms with Crippen LogP contribution in [0, 0.1) is 5.82 Å². The number of nitrogens with zero attached hydrogens (tertiary/aromatic N) is 1. The van der Waals surface area contributed by atoms with Crippen LogP contribution in [0.1, 0.15) is 12.8 Å². The maximum absolute atomic E-state index is 12.8. The van der Waals surface area contributed by atoms with Crippen LogP contribution in [-0.4, -0.2) is 55.9 Å². The smallest absolute Gasteiger partial charge is 0.260 e. The van der Waals surface area contributed by atoms with Crippen molar-refractivity contribution >= 4 is 5.91 Å². The van der Waals surface area contributed by atoms with Crippen LogP contribution in [0.3, 0.4) is 0 Å². The average Bonchev–Trinajstić information content (AvgIpc) is 2.51. The molecule has 2 aliphatic rings. The van der Waals surface area contributed by atoms with Crippen molar-refractivity contribution in [3.8, 4) is 5.75 Å². The molecule has 3 rings (SSSR count). The topological polar surface area (TPSA) is 48.0 Å². The van der Waals surface area contributed by atoms with E-state index in [1.165, 1.54) is 24.3 Å². The fourth-order valence-electron chi connectivity index (χ4n) is 3.00. The van der Waals surface area contributed by atoms with Crippen molar-refractivity contribution in [3.05, 3.63) is 30.1 Å². The molecule has 1 aromatic rings. The normalized spacial score (nSPS) is 23.2. The largest absolute Gasteiger partial charge is 0.484 e. The summed E-state index contributed by atoms with van der Waals surface area (Å²) < 4.78 is 29.4. The van der Waals surface area contributed by atoms with Crippen LogP contribution < -0.4 is 4.74 Å². The van der Waals surface area contributed by atoms with E-state index in [0.29, 0.717) is 25.4 Å². The van der Waals surface area contributed by atoms with Gasteiger partial charge in [0.15, 0.2) is 6.61 Å². The standard InChI is InChI=1S/C16H20FNO4/c1-20-14-6-7-22-16(8-14)10-18(11-16)15(19)9-21-13-4-2-12(17)3-5-13/h2-5,14H,6-11H2,1H3/t14-/m1/s1. The third-order valence-electron chi connectivity index (χ3n) is 4.27. The molecule has 1 atom stereocenters. The van der Waals surface area contributed by atoms with E-state index in [4.69, 9.17) is 14.2 Å². The van der Waals surface area contributed by atoms with Gasteiger partial charge in [-0.25, -0.2) is 4.39 Å². The zero-order valence-corrected chi connectivity index (χ0v) is 12.6. The predicted molar refractivity (Wildman–Crippen MR) is 77.2 cm³/mol. The Bertz CT molecular complexity index is 527. The summed E-state index contributed by atoms with van der Waals surface area (Å²) in [6, 6.07) is 5.62. The third-order valence-corrected chi connectivity index (χ3v) is 4.27. The van der Waals surface area contributed by atoms with Gasteiger partial charge in [-0.2, -0.15) is 0 Å². The Morgan fingerprint density at radius 2 is 2.14 bits per heavy atom. The fourth-order valence-corrected chi connectivity index (χ4v) is 3.00. The zero-order chi connectivity index (χ0) is 15.6. The van der Waals surface area contributed by atoms with E-state index in [9.17, 15) is 9.18 Å². The van der Waals surface area contributed by atoms with Gasteiger partial charge in [0.1, 0.15) is 17.2 Å². The van der Waals surface area contributed by atoms with Crippen LogP contribution in [0.15, 0.2) is 24.3 Å². The van der Waals surface area contributed by atoms with Crippen LogP contribution in [0.4, 0.5) is 4.39 Å². The number of rotatable bonds is 4. The first-order valence-electron chi connectivity index (χ1n) is 7.43. The number of likely N-dealkylation sites (tertiary alicyclic amines) is 1. The summed E-state index contributed by atoms with van der Waals surface area (Å²) in [5, 5.41) is 0. The van der Waals surface area contributed by atoms with Crippen molar-refractivity contribution in [1.82, 2.24) is 4.90 Å². The maximum atomic E-state index is 12.8. The first-order chi connectivity index (χ1) is 10.6. The highest BCUT2D eigenvalue weighted by Crippen LogP contribution is 2.35. The molecule has 0 saturated carbocycles. The van der Waals surface area contributed by atoms with Gasteiger partial charge < -0.3 is 19.1 Å². The number of hydrogen-bond donors (Lipinski definition) is 0. The molecule has 1 amide bonds. The number of hydrogen-bond acceptors (Lipinski definition) is 4. The van der Waals surface area contributed by atoms with Crippen molar-refractivity contribution in [3.63, 3.8) is 0 Å². The molecule has 2 heterocycles. The second-order valence-corrected chi connectivity index (χ2v) is 5.87. The molecule has 0 radical (unpaired) electrons. The van der Waals surface area contributed by atoms with E-state index < -0.39 is 0 Å². The number of amides is 1. The SMILES string of the molecule is CO[C@@H]1CCOC2(C1)CN(C(=O)COc1ccc(F)cc1)C2. The van der Waals surface area contributed by atoms with Gasteiger partial charge >= 0.3 is 0 Å². The average molecular weight is 309 g/mol. The van der Waals surface area contributed by atoms with E-state index in [2.05, 4.69) is 0 Å². The Labute approximate surface area is 128 Å². The Hall–Kier alpha value is -1.66. The van der Waals surface area contributed by atoms with Crippen LogP contribution in [0.25, 0.3) is 0 Å². The number of carbonyl (C=O) groups is 1. The minimum absolute atomic E-state index is 0.0462. The van der Waals surface area contributed by atoms with Crippen molar-refractivity contribution in [2.75, 3.05) is 33.4 Å². The van der Waals surface area contributed by atoms with E-state index in [-0.39, 0.29) is 30.0 Å². The van der Waals surface area contributed by atoms with Crippen LogP contribution in [-0.2, 0) is 14.3 Å². The summed E-state index contributed by atoms with van der Waals surface area (Å²) in [6.07, 6.45) is 1.94. The molecule has 1 aromatic carbocycles. The molecule has 2 fully saturated rings. The molecule has 6 heteroatoms. The van der Waals surface area contributed by atoms with Gasteiger partial charge in [0, 0.05) is 20.1 Å². The van der Waals surface area contributed by atoms with Gasteiger partial charge in [0.05, 0.1) is 19.2 Å². The second-order valence-electron chi connectivity index (χ2n) is 5.87. The molecule has 0 aromatic heterocycles. The molecule has 0 N–H and O–H groups in total. The zero-order valence-electron chi connectivity index (χ0n) is 12.6. The number of ether oxygens (including phenoxy) is 3. The molecule has 1 spiro atoms. The summed E-state index contributed by atoms with van der Waals surface area (Å²) in [7, 11) is 1.71. The Morgan fingerprint density at radius 3 is 2.82 bits per heavy atom. The number of benzene rings is 1. The summed E-state index contributed by atoms with van der Waals surface area (Å²) in [5.74, 6) is 0.0712. The highest BCUT2D eigenvalue weighted by Gasteiger charge is 2.49. The second kappa shape index (κ2) is 6.22. The molecule has 0 bridgehead atoms. The van der Waals surface area contributed by atoms with Gasteiger partial charge in [0.2, 0.25) is 0 Å². The summed E-state index contributed by atoms with van der Waals surface area (Å²) >= 11 is 0. The highest BCUT2D eigenvalue weighted by molar-refractivity contribution is 5.79. The van der Waals surface area contributed by atoms with E-state index >= 15 is 0 Å². The van der Waals surface area contributed by atoms with Gasteiger partial charge in [-0.05, 0) is 30.7 Å². The molecule has 0 aliphatic carbocycles. The van der Waals surface area contributed by atoms with Crippen LogP contribution in [0.5, 0.6) is 5.75 Å². The van der Waals surface area contributed by atoms with Crippen molar-refractivity contribution in [2.24, 2.45) is 0 Å². The Balaban J connectivity index is 1.46. The fraction of sp³-hybridized carbons (Fsp3) is 0.562. The number of methoxy groups -OCH3 is 1. The molecular weight excluding hydrogens is 289 g/mol. The number of halogens is 1. The molecular formula is C16H20FNO4.